The Labute approximate surface area is 174 Å². The first-order valence-electron chi connectivity index (χ1n) is 10.0. The number of methoxy groups -OCH3 is 1. The van der Waals surface area contributed by atoms with Crippen LogP contribution in [0.25, 0.3) is 33.1 Å². The highest BCUT2D eigenvalue weighted by Gasteiger charge is 2.17. The third-order valence-corrected chi connectivity index (χ3v) is 5.75. The minimum absolute atomic E-state index is 0.0149. The van der Waals surface area contributed by atoms with Crippen molar-refractivity contribution < 1.29 is 9.84 Å². The van der Waals surface area contributed by atoms with Crippen LogP contribution < -0.4 is 5.69 Å². The molecule has 0 amide bonds. The number of pyridine rings is 2. The van der Waals surface area contributed by atoms with Crippen molar-refractivity contribution in [1.82, 2.24) is 19.1 Å². The summed E-state index contributed by atoms with van der Waals surface area (Å²) in [6.45, 7) is 4.44. The van der Waals surface area contributed by atoms with Crippen LogP contribution in [0.4, 0.5) is 0 Å². The lowest BCUT2D eigenvalue weighted by Gasteiger charge is -2.12. The second-order valence-electron chi connectivity index (χ2n) is 7.81. The lowest BCUT2D eigenvalue weighted by atomic mass is 9.98. The zero-order valence-electron chi connectivity index (χ0n) is 17.7. The van der Waals surface area contributed by atoms with Crippen molar-refractivity contribution in [3.63, 3.8) is 0 Å². The molecule has 1 aromatic carbocycles. The van der Waals surface area contributed by atoms with Crippen molar-refractivity contribution in [2.45, 2.75) is 32.4 Å². The standard InChI is InChI=1S/C23H26N4O3/c1-14(13-28)17-7-18(10-24-9-17)16-5-6-20-19(8-16)22-21(11-25-20)26(3)23(29)27(22)12-15(2)30-4/h5-11,14-15,28H,12-13H2,1-4H3/t14?,15-/m0/s1. The highest BCUT2D eigenvalue weighted by Crippen LogP contribution is 2.29. The maximum absolute atomic E-state index is 12.9. The second kappa shape index (κ2) is 8.01. The van der Waals surface area contributed by atoms with Gasteiger partial charge in [-0.15, -0.1) is 0 Å². The molecule has 2 atom stereocenters. The number of aromatic nitrogens is 4. The van der Waals surface area contributed by atoms with Crippen molar-refractivity contribution in [2.24, 2.45) is 7.05 Å². The van der Waals surface area contributed by atoms with Gasteiger partial charge >= 0.3 is 5.69 Å². The average Bonchev–Trinajstić information content (AvgIpc) is 3.03. The van der Waals surface area contributed by atoms with E-state index in [1.807, 2.05) is 38.2 Å². The van der Waals surface area contributed by atoms with Crippen LogP contribution >= 0.6 is 0 Å². The van der Waals surface area contributed by atoms with Crippen LogP contribution in [0.5, 0.6) is 0 Å². The summed E-state index contributed by atoms with van der Waals surface area (Å²) in [4.78, 5) is 21.8. The van der Waals surface area contributed by atoms with Gasteiger partial charge in [-0.2, -0.15) is 0 Å². The van der Waals surface area contributed by atoms with Crippen molar-refractivity contribution in [3.05, 3.63) is 58.9 Å². The molecule has 0 saturated carbocycles. The quantitative estimate of drug-likeness (QED) is 0.532. The Hall–Kier alpha value is -3.03. The minimum Gasteiger partial charge on any atom is -0.396 e. The molecular weight excluding hydrogens is 380 g/mol. The summed E-state index contributed by atoms with van der Waals surface area (Å²) < 4.78 is 8.80. The Balaban J connectivity index is 1.95. The molecule has 156 valence electrons. The SMILES string of the molecule is CO[C@@H](C)Cn1c(=O)n(C)c2cnc3ccc(-c4cncc(C(C)CO)c4)cc3c21. The summed E-state index contributed by atoms with van der Waals surface area (Å²) in [5.41, 5.74) is 5.30. The molecule has 0 aliphatic carbocycles. The van der Waals surface area contributed by atoms with Gasteiger partial charge in [0.15, 0.2) is 0 Å². The topological polar surface area (TPSA) is 82.2 Å². The lowest BCUT2D eigenvalue weighted by molar-refractivity contribution is 0.103. The van der Waals surface area contributed by atoms with Gasteiger partial charge in [-0.1, -0.05) is 13.0 Å². The lowest BCUT2D eigenvalue weighted by Crippen LogP contribution is -2.27. The molecule has 0 saturated heterocycles. The maximum atomic E-state index is 12.9. The summed E-state index contributed by atoms with van der Waals surface area (Å²) in [6.07, 6.45) is 5.25. The monoisotopic (exact) mass is 406 g/mol. The van der Waals surface area contributed by atoms with Crippen LogP contribution in [0, 0.1) is 0 Å². The number of aliphatic hydroxyl groups excluding tert-OH is 1. The molecular formula is C23H26N4O3. The van der Waals surface area contributed by atoms with Crippen LogP contribution in [-0.4, -0.2) is 44.0 Å². The molecule has 30 heavy (non-hydrogen) atoms. The molecule has 0 radical (unpaired) electrons. The second-order valence-corrected chi connectivity index (χ2v) is 7.81. The molecule has 1 N–H and O–H groups in total. The first-order chi connectivity index (χ1) is 14.4. The van der Waals surface area contributed by atoms with E-state index in [0.29, 0.717) is 6.54 Å². The third kappa shape index (κ3) is 3.40. The molecule has 0 bridgehead atoms. The third-order valence-electron chi connectivity index (χ3n) is 5.75. The van der Waals surface area contributed by atoms with E-state index in [-0.39, 0.29) is 24.3 Å². The number of hydrogen-bond acceptors (Lipinski definition) is 5. The van der Waals surface area contributed by atoms with Crippen molar-refractivity contribution in [1.29, 1.82) is 0 Å². The number of imidazole rings is 1. The van der Waals surface area contributed by atoms with Gasteiger partial charge in [0.05, 0.1) is 35.4 Å². The Morgan fingerprint density at radius 3 is 2.67 bits per heavy atom. The number of nitrogens with zero attached hydrogens (tertiary/aromatic N) is 4. The summed E-state index contributed by atoms with van der Waals surface area (Å²) in [5, 5.41) is 10.4. The van der Waals surface area contributed by atoms with Crippen LogP contribution in [-0.2, 0) is 18.3 Å². The molecule has 7 heteroatoms. The largest absolute Gasteiger partial charge is 0.396 e. The number of ether oxygens (including phenoxy) is 1. The zero-order chi connectivity index (χ0) is 21.4. The molecule has 7 nitrogen and oxygen atoms in total. The van der Waals surface area contributed by atoms with E-state index in [0.717, 1.165) is 38.6 Å². The first kappa shape index (κ1) is 20.3. The molecule has 0 fully saturated rings. The number of aryl methyl sites for hydroxylation is 1. The molecule has 0 aliphatic rings. The molecule has 1 unspecified atom stereocenters. The van der Waals surface area contributed by atoms with Gasteiger partial charge < -0.3 is 9.84 Å². The fourth-order valence-corrected chi connectivity index (χ4v) is 3.75. The predicted octanol–water partition coefficient (Wildman–Crippen LogP) is 3.08. The molecule has 4 aromatic rings. The van der Waals surface area contributed by atoms with Crippen LogP contribution in [0.2, 0.25) is 0 Å². The predicted molar refractivity (Wildman–Crippen MR) is 118 cm³/mol. The van der Waals surface area contributed by atoms with Gasteiger partial charge in [0.1, 0.15) is 0 Å². The summed E-state index contributed by atoms with van der Waals surface area (Å²) in [6, 6.07) is 8.08. The van der Waals surface area contributed by atoms with Crippen LogP contribution in [0.15, 0.2) is 47.7 Å². The van der Waals surface area contributed by atoms with Gasteiger partial charge in [-0.05, 0) is 36.2 Å². The average molecular weight is 406 g/mol. The van der Waals surface area contributed by atoms with E-state index in [9.17, 15) is 9.90 Å². The molecule has 0 spiro atoms. The van der Waals surface area contributed by atoms with Gasteiger partial charge in [0.2, 0.25) is 0 Å². The van der Waals surface area contributed by atoms with Crippen molar-refractivity contribution in [2.75, 3.05) is 13.7 Å². The number of benzene rings is 1. The van der Waals surface area contributed by atoms with E-state index < -0.39 is 0 Å². The summed E-state index contributed by atoms with van der Waals surface area (Å²) in [7, 11) is 3.41. The zero-order valence-corrected chi connectivity index (χ0v) is 17.7. The van der Waals surface area contributed by atoms with Crippen molar-refractivity contribution in [3.8, 4) is 11.1 Å². The van der Waals surface area contributed by atoms with Gasteiger partial charge in [0, 0.05) is 50.0 Å². The molecule has 0 aliphatic heterocycles. The van der Waals surface area contributed by atoms with E-state index in [2.05, 4.69) is 16.0 Å². The summed E-state index contributed by atoms with van der Waals surface area (Å²) >= 11 is 0. The Kier molecular flexibility index (Phi) is 5.40. The molecule has 4 rings (SSSR count). The number of hydrogen-bond donors (Lipinski definition) is 1. The highest BCUT2D eigenvalue weighted by molar-refractivity contribution is 6.04. The fraction of sp³-hybridized carbons (Fsp3) is 0.348. The minimum atomic E-state index is -0.0967. The maximum Gasteiger partial charge on any atom is 0.328 e. The Morgan fingerprint density at radius 1 is 1.13 bits per heavy atom. The van der Waals surface area contributed by atoms with Gasteiger partial charge in [-0.3, -0.25) is 19.1 Å². The van der Waals surface area contributed by atoms with E-state index in [1.165, 1.54) is 0 Å². The normalized spacial score (nSPS) is 13.8. The van der Waals surface area contributed by atoms with Crippen LogP contribution in [0.1, 0.15) is 25.3 Å². The van der Waals surface area contributed by atoms with Crippen LogP contribution in [0.3, 0.4) is 0 Å². The van der Waals surface area contributed by atoms with E-state index in [4.69, 9.17) is 4.74 Å². The number of rotatable bonds is 6. The Morgan fingerprint density at radius 2 is 1.93 bits per heavy atom. The molecule has 3 heterocycles. The van der Waals surface area contributed by atoms with Gasteiger partial charge in [-0.25, -0.2) is 4.79 Å². The van der Waals surface area contributed by atoms with Gasteiger partial charge in [0.25, 0.3) is 0 Å². The highest BCUT2D eigenvalue weighted by atomic mass is 16.5. The number of fused-ring (bicyclic) bond motifs is 3. The fourth-order valence-electron chi connectivity index (χ4n) is 3.75. The summed E-state index contributed by atoms with van der Waals surface area (Å²) in [5.74, 6) is 0.0149. The molecule has 3 aromatic heterocycles. The number of aliphatic hydroxyl groups is 1. The van der Waals surface area contributed by atoms with E-state index >= 15 is 0 Å². The first-order valence-corrected chi connectivity index (χ1v) is 10.0. The van der Waals surface area contributed by atoms with E-state index in [1.54, 1.807) is 35.7 Å². The van der Waals surface area contributed by atoms with Crippen molar-refractivity contribution >= 4 is 21.9 Å². The smallest absolute Gasteiger partial charge is 0.328 e. The Bertz CT molecular complexity index is 1270.